The number of rotatable bonds is 4. The van der Waals surface area contributed by atoms with Gasteiger partial charge in [-0.05, 0) is 13.8 Å². The van der Waals surface area contributed by atoms with Crippen LogP contribution in [0.25, 0.3) is 0 Å². The first-order valence-electron chi connectivity index (χ1n) is 6.73. The average Bonchev–Trinajstić information content (AvgIpc) is 2.97. The van der Waals surface area contributed by atoms with Crippen LogP contribution in [0.15, 0.2) is 4.63 Å². The van der Waals surface area contributed by atoms with E-state index < -0.39 is 5.97 Å². The van der Waals surface area contributed by atoms with Crippen molar-refractivity contribution >= 4 is 5.97 Å². The van der Waals surface area contributed by atoms with Gasteiger partial charge in [0, 0.05) is 5.41 Å². The lowest BCUT2D eigenvalue weighted by Gasteiger charge is -2.20. The Kier molecular flexibility index (Phi) is 4.06. The Hall–Kier alpha value is -2.25. The zero-order valence-corrected chi connectivity index (χ0v) is 12.9. The van der Waals surface area contributed by atoms with Crippen LogP contribution >= 0.6 is 0 Å². The van der Waals surface area contributed by atoms with Crippen molar-refractivity contribution < 1.29 is 14.2 Å². The third-order valence-electron chi connectivity index (χ3n) is 2.96. The Morgan fingerprint density at radius 2 is 2.05 bits per heavy atom. The van der Waals surface area contributed by atoms with Crippen molar-refractivity contribution in [3.63, 3.8) is 0 Å². The van der Waals surface area contributed by atoms with Gasteiger partial charge in [0.2, 0.25) is 0 Å². The maximum absolute atomic E-state index is 12.0. The summed E-state index contributed by atoms with van der Waals surface area (Å²) in [5.41, 5.74) is 1.95. The van der Waals surface area contributed by atoms with Crippen molar-refractivity contribution in [1.82, 2.24) is 25.3 Å². The van der Waals surface area contributed by atoms with E-state index in [1.807, 2.05) is 20.8 Å². The van der Waals surface area contributed by atoms with Gasteiger partial charge in [0.05, 0.1) is 18.8 Å². The van der Waals surface area contributed by atoms with Gasteiger partial charge >= 0.3 is 5.97 Å². The molecule has 8 nitrogen and oxygen atoms in total. The molecular formula is C13H19N5O3. The largest absolute Gasteiger partial charge is 0.461 e. The molecule has 0 N–H and O–H groups in total. The normalized spacial score (nSPS) is 11.7. The SMILES string of the molecule is CCOC(=O)c1nnn(Cc2nonc2C)c1C(C)(C)C. The van der Waals surface area contributed by atoms with Crippen LogP contribution in [-0.2, 0) is 16.7 Å². The van der Waals surface area contributed by atoms with Gasteiger partial charge < -0.3 is 4.74 Å². The highest BCUT2D eigenvalue weighted by molar-refractivity contribution is 5.88. The minimum atomic E-state index is -0.469. The van der Waals surface area contributed by atoms with E-state index >= 15 is 0 Å². The molecular weight excluding hydrogens is 274 g/mol. The highest BCUT2D eigenvalue weighted by atomic mass is 16.6. The topological polar surface area (TPSA) is 95.9 Å². The van der Waals surface area contributed by atoms with E-state index in [2.05, 4.69) is 25.3 Å². The molecule has 0 saturated carbocycles. The summed E-state index contributed by atoms with van der Waals surface area (Å²) in [4.78, 5) is 12.0. The number of ether oxygens (including phenoxy) is 1. The van der Waals surface area contributed by atoms with Crippen LogP contribution < -0.4 is 0 Å². The van der Waals surface area contributed by atoms with Crippen LogP contribution in [0.2, 0.25) is 0 Å². The third kappa shape index (κ3) is 3.09. The van der Waals surface area contributed by atoms with E-state index in [-0.39, 0.29) is 11.1 Å². The number of carbonyl (C=O) groups excluding carboxylic acids is 1. The van der Waals surface area contributed by atoms with Gasteiger partial charge in [0.25, 0.3) is 0 Å². The molecule has 0 fully saturated rings. The summed E-state index contributed by atoms with van der Waals surface area (Å²) < 4.78 is 11.4. The number of aryl methyl sites for hydroxylation is 1. The van der Waals surface area contributed by atoms with Gasteiger partial charge in [-0.2, -0.15) is 0 Å². The molecule has 0 aliphatic carbocycles. The van der Waals surface area contributed by atoms with Gasteiger partial charge in [0.1, 0.15) is 11.4 Å². The molecule has 2 aromatic heterocycles. The summed E-state index contributed by atoms with van der Waals surface area (Å²) in [5, 5.41) is 15.6. The molecule has 0 spiro atoms. The fourth-order valence-corrected chi connectivity index (χ4v) is 2.04. The molecule has 2 aromatic rings. The number of nitrogens with zero attached hydrogens (tertiary/aromatic N) is 5. The van der Waals surface area contributed by atoms with Crippen molar-refractivity contribution in [3.05, 3.63) is 22.8 Å². The van der Waals surface area contributed by atoms with Crippen LogP contribution in [0.4, 0.5) is 0 Å². The molecule has 0 aromatic carbocycles. The minimum Gasteiger partial charge on any atom is -0.461 e. The molecule has 114 valence electrons. The Morgan fingerprint density at radius 3 is 2.57 bits per heavy atom. The molecule has 2 rings (SSSR count). The zero-order valence-electron chi connectivity index (χ0n) is 12.9. The highest BCUT2D eigenvalue weighted by Gasteiger charge is 2.30. The predicted molar refractivity (Wildman–Crippen MR) is 72.8 cm³/mol. The van der Waals surface area contributed by atoms with Gasteiger partial charge in [0.15, 0.2) is 5.69 Å². The first kappa shape index (κ1) is 15.1. The van der Waals surface area contributed by atoms with Crippen molar-refractivity contribution in [1.29, 1.82) is 0 Å². The summed E-state index contributed by atoms with van der Waals surface area (Å²) in [6, 6.07) is 0. The lowest BCUT2D eigenvalue weighted by Crippen LogP contribution is -2.23. The standard InChI is InChI=1S/C13H19N5O3/c1-6-20-12(19)10-11(13(3,4)5)18(17-14-10)7-9-8(2)15-21-16-9/h6-7H2,1-5H3. The number of aromatic nitrogens is 5. The Balaban J connectivity index is 2.42. The monoisotopic (exact) mass is 293 g/mol. The van der Waals surface area contributed by atoms with E-state index in [4.69, 9.17) is 4.74 Å². The smallest absolute Gasteiger partial charge is 0.360 e. The van der Waals surface area contributed by atoms with Crippen LogP contribution in [0.3, 0.4) is 0 Å². The molecule has 0 amide bonds. The first-order chi connectivity index (χ1) is 9.84. The molecule has 2 heterocycles. The fourth-order valence-electron chi connectivity index (χ4n) is 2.04. The maximum Gasteiger partial charge on any atom is 0.360 e. The van der Waals surface area contributed by atoms with E-state index in [1.165, 1.54) is 0 Å². The summed E-state index contributed by atoms with van der Waals surface area (Å²) in [6.45, 7) is 10.1. The Labute approximate surface area is 122 Å². The summed E-state index contributed by atoms with van der Waals surface area (Å²) in [5.74, 6) is -0.469. The second kappa shape index (κ2) is 5.63. The summed E-state index contributed by atoms with van der Waals surface area (Å²) in [7, 11) is 0. The Morgan fingerprint density at radius 1 is 1.33 bits per heavy atom. The Bertz CT molecular complexity index is 639. The number of carbonyl (C=O) groups is 1. The molecule has 0 aliphatic rings. The molecule has 0 bridgehead atoms. The van der Waals surface area contributed by atoms with Crippen molar-refractivity contribution in [3.8, 4) is 0 Å². The first-order valence-corrected chi connectivity index (χ1v) is 6.73. The highest BCUT2D eigenvalue weighted by Crippen LogP contribution is 2.25. The summed E-state index contributed by atoms with van der Waals surface area (Å²) >= 11 is 0. The summed E-state index contributed by atoms with van der Waals surface area (Å²) in [6.07, 6.45) is 0. The van der Waals surface area contributed by atoms with Crippen molar-refractivity contribution in [2.24, 2.45) is 0 Å². The molecule has 0 unspecified atom stereocenters. The third-order valence-corrected chi connectivity index (χ3v) is 2.96. The molecule has 0 aliphatic heterocycles. The van der Waals surface area contributed by atoms with E-state index in [1.54, 1.807) is 18.5 Å². The van der Waals surface area contributed by atoms with E-state index in [0.29, 0.717) is 30.2 Å². The lowest BCUT2D eigenvalue weighted by atomic mass is 9.90. The van der Waals surface area contributed by atoms with E-state index in [9.17, 15) is 4.79 Å². The molecule has 8 heteroatoms. The molecule has 0 saturated heterocycles. The van der Waals surface area contributed by atoms with Crippen LogP contribution in [-0.4, -0.2) is 37.9 Å². The van der Waals surface area contributed by atoms with Crippen LogP contribution in [0.1, 0.15) is 55.3 Å². The second-order valence-electron chi connectivity index (χ2n) is 5.71. The van der Waals surface area contributed by atoms with Gasteiger partial charge in [-0.25, -0.2) is 14.1 Å². The lowest BCUT2D eigenvalue weighted by molar-refractivity contribution is 0.0516. The molecule has 0 radical (unpaired) electrons. The van der Waals surface area contributed by atoms with Gasteiger partial charge in [-0.15, -0.1) is 5.10 Å². The number of hydrogen-bond acceptors (Lipinski definition) is 7. The van der Waals surface area contributed by atoms with Crippen molar-refractivity contribution in [2.45, 2.75) is 46.6 Å². The number of esters is 1. The fraction of sp³-hybridized carbons (Fsp3) is 0.615. The molecule has 21 heavy (non-hydrogen) atoms. The maximum atomic E-state index is 12.0. The number of hydrogen-bond donors (Lipinski definition) is 0. The zero-order chi connectivity index (χ0) is 15.6. The second-order valence-corrected chi connectivity index (χ2v) is 5.71. The van der Waals surface area contributed by atoms with Gasteiger partial charge in [-0.1, -0.05) is 36.3 Å². The average molecular weight is 293 g/mol. The van der Waals surface area contributed by atoms with Crippen molar-refractivity contribution in [2.75, 3.05) is 6.61 Å². The molecule has 0 atom stereocenters. The van der Waals surface area contributed by atoms with Gasteiger partial charge in [-0.3, -0.25) is 0 Å². The quantitative estimate of drug-likeness (QED) is 0.788. The van der Waals surface area contributed by atoms with Crippen LogP contribution in [0.5, 0.6) is 0 Å². The van der Waals surface area contributed by atoms with E-state index in [0.717, 1.165) is 0 Å². The predicted octanol–water partition coefficient (Wildman–Crippen LogP) is 1.49. The minimum absolute atomic E-state index is 0.235. The van der Waals surface area contributed by atoms with Crippen LogP contribution in [0, 0.1) is 6.92 Å².